The molecule has 0 fully saturated rings. The number of hydrogen-bond donors (Lipinski definition) is 0. The quantitative estimate of drug-likeness (QED) is 0.718. The molecule has 11 heavy (non-hydrogen) atoms. The van der Waals surface area contributed by atoms with Crippen LogP contribution < -0.4 is 0 Å². The summed E-state index contributed by atoms with van der Waals surface area (Å²) in [6, 6.07) is 2.95. The molecule has 0 aliphatic heterocycles. The molecule has 1 heterocycles. The molecule has 60 valence electrons. The maximum absolute atomic E-state index is 13.1. The Balaban J connectivity index is 3.01. The van der Waals surface area contributed by atoms with Gasteiger partial charge in [0.25, 0.3) is 0 Å². The first kappa shape index (κ1) is 8.46. The van der Waals surface area contributed by atoms with Gasteiger partial charge in [0.1, 0.15) is 5.76 Å². The second kappa shape index (κ2) is 2.77. The minimum absolute atomic E-state index is 0.0133. The van der Waals surface area contributed by atoms with Gasteiger partial charge in [0.05, 0.1) is 0 Å². The predicted molar refractivity (Wildman–Crippen MR) is 40.9 cm³/mol. The van der Waals surface area contributed by atoms with Crippen LogP contribution in [0.1, 0.15) is 12.7 Å². The molecule has 1 unspecified atom stereocenters. The lowest BCUT2D eigenvalue weighted by Crippen LogP contribution is -2.15. The minimum Gasteiger partial charge on any atom is -0.450 e. The van der Waals surface area contributed by atoms with Gasteiger partial charge in [0, 0.05) is 0 Å². The molecule has 1 rings (SSSR count). The summed E-state index contributed by atoms with van der Waals surface area (Å²) in [6.45, 7) is 1.14. The molecule has 0 aromatic carbocycles. The van der Waals surface area contributed by atoms with Gasteiger partial charge in [-0.05, 0) is 35.0 Å². The highest BCUT2D eigenvalue weighted by atomic mass is 79.9. The van der Waals surface area contributed by atoms with Gasteiger partial charge < -0.3 is 4.42 Å². The monoisotopic (exact) mass is 220 g/mol. The Morgan fingerprint density at radius 2 is 2.36 bits per heavy atom. The van der Waals surface area contributed by atoms with E-state index in [0.29, 0.717) is 4.67 Å². The molecule has 0 spiro atoms. The highest BCUT2D eigenvalue weighted by Gasteiger charge is 2.28. The number of carbonyl (C=O) groups is 1. The lowest BCUT2D eigenvalue weighted by Gasteiger charge is -2.07. The fraction of sp³-hybridized carbons (Fsp3) is 0.286. The van der Waals surface area contributed by atoms with Crippen LogP contribution in [0.3, 0.4) is 0 Å². The number of rotatable bonds is 2. The van der Waals surface area contributed by atoms with Gasteiger partial charge in [-0.2, -0.15) is 0 Å². The second-order valence-corrected chi connectivity index (χ2v) is 3.08. The van der Waals surface area contributed by atoms with Crippen molar-refractivity contribution in [2.24, 2.45) is 0 Å². The Bertz CT molecular complexity index is 267. The number of furan rings is 1. The molecule has 0 saturated carbocycles. The van der Waals surface area contributed by atoms with Crippen LogP contribution in [0, 0.1) is 0 Å². The Labute approximate surface area is 71.5 Å². The Hall–Kier alpha value is -0.640. The molecule has 2 nitrogen and oxygen atoms in total. The van der Waals surface area contributed by atoms with Crippen molar-refractivity contribution in [1.29, 1.82) is 0 Å². The maximum atomic E-state index is 13.1. The van der Waals surface area contributed by atoms with Crippen LogP contribution in [0.2, 0.25) is 0 Å². The van der Waals surface area contributed by atoms with Crippen molar-refractivity contribution in [1.82, 2.24) is 0 Å². The van der Waals surface area contributed by atoms with E-state index in [1.807, 2.05) is 0 Å². The molecule has 1 aromatic heterocycles. The van der Waals surface area contributed by atoms with Crippen LogP contribution >= 0.6 is 15.9 Å². The zero-order chi connectivity index (χ0) is 8.48. The van der Waals surface area contributed by atoms with Gasteiger partial charge >= 0.3 is 0 Å². The zero-order valence-corrected chi connectivity index (χ0v) is 7.39. The van der Waals surface area contributed by atoms with E-state index in [1.54, 1.807) is 0 Å². The molecule has 1 aromatic rings. The number of hydrogen-bond acceptors (Lipinski definition) is 2. The summed E-state index contributed by atoms with van der Waals surface area (Å²) in [4.78, 5) is 10.2. The first-order valence-corrected chi connectivity index (χ1v) is 3.76. The van der Waals surface area contributed by atoms with Crippen LogP contribution in [-0.4, -0.2) is 6.29 Å². The third kappa shape index (κ3) is 1.68. The highest BCUT2D eigenvalue weighted by Crippen LogP contribution is 2.26. The zero-order valence-electron chi connectivity index (χ0n) is 5.80. The van der Waals surface area contributed by atoms with Crippen LogP contribution in [0.5, 0.6) is 0 Å². The minimum atomic E-state index is -2.02. The smallest absolute Gasteiger partial charge is 0.219 e. The van der Waals surface area contributed by atoms with Crippen molar-refractivity contribution in [2.45, 2.75) is 12.6 Å². The maximum Gasteiger partial charge on any atom is 0.219 e. The van der Waals surface area contributed by atoms with E-state index in [1.165, 1.54) is 12.1 Å². The Morgan fingerprint density at radius 1 is 1.73 bits per heavy atom. The van der Waals surface area contributed by atoms with Gasteiger partial charge in [-0.3, -0.25) is 4.79 Å². The average molecular weight is 221 g/mol. The predicted octanol–water partition coefficient (Wildman–Crippen LogP) is 2.43. The lowest BCUT2D eigenvalue weighted by molar-refractivity contribution is -0.118. The summed E-state index contributed by atoms with van der Waals surface area (Å²) in [5.41, 5.74) is -2.02. The van der Waals surface area contributed by atoms with E-state index in [-0.39, 0.29) is 12.0 Å². The van der Waals surface area contributed by atoms with E-state index in [4.69, 9.17) is 4.42 Å². The third-order valence-electron chi connectivity index (χ3n) is 1.28. The summed E-state index contributed by atoms with van der Waals surface area (Å²) in [5.74, 6) is 0.0133. The lowest BCUT2D eigenvalue weighted by atomic mass is 10.1. The number of alkyl halides is 1. The molecular formula is C7H6BrFO2. The van der Waals surface area contributed by atoms with E-state index >= 15 is 0 Å². The topological polar surface area (TPSA) is 30.2 Å². The summed E-state index contributed by atoms with van der Waals surface area (Å²) >= 11 is 3.00. The Kier molecular flexibility index (Phi) is 2.13. The van der Waals surface area contributed by atoms with Crippen molar-refractivity contribution >= 4 is 22.2 Å². The molecule has 0 radical (unpaired) electrons. The van der Waals surface area contributed by atoms with E-state index in [0.717, 1.165) is 6.92 Å². The molecular weight excluding hydrogens is 215 g/mol. The highest BCUT2D eigenvalue weighted by molar-refractivity contribution is 9.10. The van der Waals surface area contributed by atoms with Crippen molar-refractivity contribution in [3.05, 3.63) is 22.6 Å². The number of halogens is 2. The molecule has 0 aliphatic carbocycles. The fourth-order valence-electron chi connectivity index (χ4n) is 0.635. The summed E-state index contributed by atoms with van der Waals surface area (Å²) in [7, 11) is 0. The average Bonchev–Trinajstić information content (AvgIpc) is 2.36. The molecule has 0 bridgehead atoms. The van der Waals surface area contributed by atoms with Gasteiger partial charge in [-0.1, -0.05) is 0 Å². The second-order valence-electron chi connectivity index (χ2n) is 2.30. The molecule has 1 atom stereocenters. The normalized spacial score (nSPS) is 15.9. The Morgan fingerprint density at radius 3 is 2.73 bits per heavy atom. The summed E-state index contributed by atoms with van der Waals surface area (Å²) in [5, 5.41) is 0. The number of carbonyl (C=O) groups excluding carboxylic acids is 1. The third-order valence-corrected chi connectivity index (χ3v) is 1.70. The SMILES string of the molecule is CC(F)(C=O)c1ccc(Br)o1. The molecule has 0 N–H and O–H groups in total. The van der Waals surface area contributed by atoms with E-state index < -0.39 is 5.67 Å². The van der Waals surface area contributed by atoms with Crippen molar-refractivity contribution < 1.29 is 13.6 Å². The standard InChI is InChI=1S/C7H6BrFO2/c1-7(9,4-10)5-2-3-6(8)11-5/h2-4H,1H3. The van der Waals surface area contributed by atoms with Gasteiger partial charge in [-0.25, -0.2) is 4.39 Å². The first-order chi connectivity index (χ1) is 5.06. The molecule has 0 amide bonds. The molecule has 4 heteroatoms. The molecule has 0 aliphatic rings. The summed E-state index contributed by atoms with van der Waals surface area (Å²) < 4.78 is 18.3. The fourth-order valence-corrected chi connectivity index (χ4v) is 0.942. The van der Waals surface area contributed by atoms with Crippen molar-refractivity contribution in [2.75, 3.05) is 0 Å². The number of aldehydes is 1. The van der Waals surface area contributed by atoms with Crippen molar-refractivity contribution in [3.8, 4) is 0 Å². The van der Waals surface area contributed by atoms with Crippen molar-refractivity contribution in [3.63, 3.8) is 0 Å². The summed E-state index contributed by atoms with van der Waals surface area (Å²) in [6.07, 6.45) is 0.207. The van der Waals surface area contributed by atoms with Crippen LogP contribution in [0.15, 0.2) is 21.2 Å². The van der Waals surface area contributed by atoms with Gasteiger partial charge in [0.2, 0.25) is 5.67 Å². The van der Waals surface area contributed by atoms with Crippen LogP contribution in [0.4, 0.5) is 4.39 Å². The van der Waals surface area contributed by atoms with Gasteiger partial charge in [0.15, 0.2) is 11.0 Å². The van der Waals surface area contributed by atoms with Gasteiger partial charge in [-0.15, -0.1) is 0 Å². The van der Waals surface area contributed by atoms with Crippen LogP contribution in [0.25, 0.3) is 0 Å². The van der Waals surface area contributed by atoms with Crippen LogP contribution in [-0.2, 0) is 10.5 Å². The molecule has 0 saturated heterocycles. The van der Waals surface area contributed by atoms with E-state index in [9.17, 15) is 9.18 Å². The largest absolute Gasteiger partial charge is 0.450 e. The first-order valence-electron chi connectivity index (χ1n) is 2.97. The van der Waals surface area contributed by atoms with E-state index in [2.05, 4.69) is 15.9 Å².